The molecule has 2 heteroatoms. The van der Waals surface area contributed by atoms with Crippen molar-refractivity contribution in [2.45, 2.75) is 52.6 Å². The van der Waals surface area contributed by atoms with Crippen LogP contribution in [0.25, 0.3) is 0 Å². The Kier molecular flexibility index (Phi) is 2.86. The minimum absolute atomic E-state index is 0.0444. The molecular weight excluding hydrogens is 251 g/mol. The maximum Gasteiger partial charge on any atom is 0.123 e. The Morgan fingerprint density at radius 3 is 2.30 bits per heavy atom. The molecule has 4 rings (SSSR count). The van der Waals surface area contributed by atoms with Crippen molar-refractivity contribution in [3.8, 4) is 0 Å². The Labute approximate surface area is 121 Å². The first-order valence-corrected chi connectivity index (χ1v) is 7.67. The van der Waals surface area contributed by atoms with Crippen molar-refractivity contribution < 1.29 is 9.50 Å². The monoisotopic (exact) mass is 276 g/mol. The van der Waals surface area contributed by atoms with Crippen molar-refractivity contribution in [2.24, 2.45) is 22.7 Å². The zero-order chi connectivity index (χ0) is 14.8. The largest absolute Gasteiger partial charge is 0.384 e. The van der Waals surface area contributed by atoms with Crippen molar-refractivity contribution in [1.29, 1.82) is 0 Å². The molecule has 0 aliphatic heterocycles. The second kappa shape index (κ2) is 4.07. The fourth-order valence-corrected chi connectivity index (χ4v) is 4.81. The molecule has 0 spiro atoms. The van der Waals surface area contributed by atoms with E-state index in [9.17, 15) is 9.50 Å². The second-order valence-corrected chi connectivity index (χ2v) is 8.16. The summed E-state index contributed by atoms with van der Waals surface area (Å²) in [6.07, 6.45) is 3.33. The van der Waals surface area contributed by atoms with Gasteiger partial charge in [0, 0.05) is 5.41 Å². The van der Waals surface area contributed by atoms with Crippen molar-refractivity contribution in [3.05, 3.63) is 35.6 Å². The average molecular weight is 276 g/mol. The number of fused-ring (bicyclic) bond motifs is 2. The summed E-state index contributed by atoms with van der Waals surface area (Å²) in [5, 5.41) is 11.4. The van der Waals surface area contributed by atoms with E-state index in [-0.39, 0.29) is 16.6 Å². The van der Waals surface area contributed by atoms with Gasteiger partial charge in [0.2, 0.25) is 0 Å². The highest BCUT2D eigenvalue weighted by Crippen LogP contribution is 2.70. The molecule has 0 saturated heterocycles. The van der Waals surface area contributed by atoms with Gasteiger partial charge in [-0.3, -0.25) is 0 Å². The lowest BCUT2D eigenvalue weighted by molar-refractivity contribution is -0.277. The standard InChI is InChI=1S/C18H25FO/c1-16(2,3)14-9-10-17(4)11-15(14)18(17,20)12-5-7-13(19)8-6-12/h5-8,14-15,20H,9-11H2,1-4H3/t14-,15+,17-,18+/m1/s1. The van der Waals surface area contributed by atoms with E-state index in [4.69, 9.17) is 0 Å². The van der Waals surface area contributed by atoms with Crippen LogP contribution < -0.4 is 0 Å². The topological polar surface area (TPSA) is 20.2 Å². The minimum atomic E-state index is -0.781. The Bertz CT molecular complexity index is 511. The van der Waals surface area contributed by atoms with Crippen LogP contribution in [0.4, 0.5) is 4.39 Å². The van der Waals surface area contributed by atoms with Crippen LogP contribution in [0.1, 0.15) is 52.5 Å². The van der Waals surface area contributed by atoms with E-state index in [1.807, 2.05) is 0 Å². The molecule has 1 aromatic rings. The molecule has 0 unspecified atom stereocenters. The molecule has 1 N–H and O–H groups in total. The van der Waals surface area contributed by atoms with E-state index >= 15 is 0 Å². The minimum Gasteiger partial charge on any atom is -0.384 e. The van der Waals surface area contributed by atoms with Crippen LogP contribution in [0.3, 0.4) is 0 Å². The molecule has 1 nitrogen and oxygen atoms in total. The highest BCUT2D eigenvalue weighted by Gasteiger charge is 2.68. The summed E-state index contributed by atoms with van der Waals surface area (Å²) in [5.74, 6) is 0.588. The Balaban J connectivity index is 2.01. The summed E-state index contributed by atoms with van der Waals surface area (Å²) in [7, 11) is 0. The van der Waals surface area contributed by atoms with Gasteiger partial charge in [-0.25, -0.2) is 4.39 Å². The first-order chi connectivity index (χ1) is 9.18. The van der Waals surface area contributed by atoms with Crippen LogP contribution >= 0.6 is 0 Å². The van der Waals surface area contributed by atoms with Crippen LogP contribution in [-0.4, -0.2) is 5.11 Å². The van der Waals surface area contributed by atoms with Gasteiger partial charge in [-0.05, 0) is 54.2 Å². The summed E-state index contributed by atoms with van der Waals surface area (Å²) in [4.78, 5) is 0. The lowest BCUT2D eigenvalue weighted by Crippen LogP contribution is -2.67. The van der Waals surface area contributed by atoms with E-state index in [1.54, 1.807) is 12.1 Å². The van der Waals surface area contributed by atoms with E-state index < -0.39 is 5.60 Å². The lowest BCUT2D eigenvalue weighted by atomic mass is 9.38. The smallest absolute Gasteiger partial charge is 0.123 e. The van der Waals surface area contributed by atoms with Gasteiger partial charge in [-0.1, -0.05) is 39.8 Å². The third-order valence-corrected chi connectivity index (χ3v) is 6.02. The zero-order valence-electron chi connectivity index (χ0n) is 12.9. The van der Waals surface area contributed by atoms with Gasteiger partial charge in [0.15, 0.2) is 0 Å². The van der Waals surface area contributed by atoms with Gasteiger partial charge in [-0.2, -0.15) is 0 Å². The predicted octanol–water partition coefficient (Wildman–Crippen LogP) is 4.50. The van der Waals surface area contributed by atoms with E-state index in [1.165, 1.54) is 18.6 Å². The molecule has 3 fully saturated rings. The fraction of sp³-hybridized carbons (Fsp3) is 0.667. The van der Waals surface area contributed by atoms with E-state index in [0.717, 1.165) is 18.4 Å². The molecule has 2 bridgehead atoms. The number of benzene rings is 1. The maximum atomic E-state index is 13.2. The van der Waals surface area contributed by atoms with Crippen LogP contribution in [0.15, 0.2) is 24.3 Å². The summed E-state index contributed by atoms with van der Waals surface area (Å²) >= 11 is 0. The van der Waals surface area contributed by atoms with Crippen molar-refractivity contribution in [1.82, 2.24) is 0 Å². The first kappa shape index (κ1) is 14.1. The maximum absolute atomic E-state index is 13.2. The summed E-state index contributed by atoms with van der Waals surface area (Å²) in [5.41, 5.74) is 0.279. The quantitative estimate of drug-likeness (QED) is 0.801. The van der Waals surface area contributed by atoms with Crippen LogP contribution in [0.5, 0.6) is 0 Å². The van der Waals surface area contributed by atoms with Gasteiger partial charge in [-0.15, -0.1) is 0 Å². The number of hydrogen-bond donors (Lipinski definition) is 1. The molecule has 1 aromatic carbocycles. The lowest BCUT2D eigenvalue weighted by Gasteiger charge is -2.68. The molecule has 110 valence electrons. The Hall–Kier alpha value is -0.890. The number of rotatable bonds is 1. The average Bonchev–Trinajstić information content (AvgIpc) is 2.37. The summed E-state index contributed by atoms with van der Waals surface area (Å²) in [6.45, 7) is 8.99. The molecule has 0 heterocycles. The number of halogens is 1. The Morgan fingerprint density at radius 1 is 1.20 bits per heavy atom. The predicted molar refractivity (Wildman–Crippen MR) is 78.7 cm³/mol. The number of aliphatic hydroxyl groups is 1. The highest BCUT2D eigenvalue weighted by molar-refractivity contribution is 5.33. The van der Waals surface area contributed by atoms with Gasteiger partial charge < -0.3 is 5.11 Å². The molecule has 0 aromatic heterocycles. The molecular formula is C18H25FO. The molecule has 3 aliphatic rings. The molecule has 20 heavy (non-hydrogen) atoms. The molecule has 0 amide bonds. The van der Waals surface area contributed by atoms with Gasteiger partial charge >= 0.3 is 0 Å². The highest BCUT2D eigenvalue weighted by atomic mass is 19.1. The van der Waals surface area contributed by atoms with Gasteiger partial charge in [0.05, 0.1) is 5.60 Å². The summed E-state index contributed by atoms with van der Waals surface area (Å²) in [6, 6.07) is 6.48. The summed E-state index contributed by atoms with van der Waals surface area (Å²) < 4.78 is 13.2. The van der Waals surface area contributed by atoms with Crippen molar-refractivity contribution >= 4 is 0 Å². The number of hydrogen-bond acceptors (Lipinski definition) is 1. The van der Waals surface area contributed by atoms with Gasteiger partial charge in [0.1, 0.15) is 5.82 Å². The van der Waals surface area contributed by atoms with Crippen LogP contribution in [0.2, 0.25) is 0 Å². The third kappa shape index (κ3) is 1.70. The molecule has 3 aliphatic carbocycles. The molecule has 4 atom stereocenters. The van der Waals surface area contributed by atoms with E-state index in [2.05, 4.69) is 27.7 Å². The second-order valence-electron chi connectivity index (χ2n) is 8.16. The van der Waals surface area contributed by atoms with E-state index in [0.29, 0.717) is 11.8 Å². The van der Waals surface area contributed by atoms with Crippen molar-refractivity contribution in [2.75, 3.05) is 0 Å². The zero-order valence-corrected chi connectivity index (χ0v) is 12.9. The Morgan fingerprint density at radius 2 is 1.80 bits per heavy atom. The fourth-order valence-electron chi connectivity index (χ4n) is 4.81. The third-order valence-electron chi connectivity index (χ3n) is 6.02. The normalized spacial score (nSPS) is 40.3. The van der Waals surface area contributed by atoms with Crippen LogP contribution in [0, 0.1) is 28.5 Å². The molecule has 0 radical (unpaired) electrons. The first-order valence-electron chi connectivity index (χ1n) is 7.67. The van der Waals surface area contributed by atoms with Crippen LogP contribution in [-0.2, 0) is 5.60 Å². The van der Waals surface area contributed by atoms with Gasteiger partial charge in [0.25, 0.3) is 0 Å². The van der Waals surface area contributed by atoms with Crippen molar-refractivity contribution in [3.63, 3.8) is 0 Å². The molecule has 3 saturated carbocycles. The SMILES string of the molecule is CC(C)(C)[C@@H]1CC[C@]2(C)C[C@@H]1[C@@]2(O)c1ccc(F)cc1.